The maximum Gasteiger partial charge on any atom is 0.264 e. The first-order valence-corrected chi connectivity index (χ1v) is 10.0. The SMILES string of the molecule is COc1ccc(-c2csc(NC(=O)COc3ccc(C)cc3Br)n2)cc1OC. The monoisotopic (exact) mass is 462 g/mol. The Kier molecular flexibility index (Phi) is 6.53. The van der Waals surface area contributed by atoms with Gasteiger partial charge in [0, 0.05) is 10.9 Å². The van der Waals surface area contributed by atoms with Gasteiger partial charge in [0.05, 0.1) is 24.4 Å². The molecule has 6 nitrogen and oxygen atoms in total. The van der Waals surface area contributed by atoms with Crippen molar-refractivity contribution in [1.82, 2.24) is 4.98 Å². The molecule has 0 fully saturated rings. The van der Waals surface area contributed by atoms with Gasteiger partial charge >= 0.3 is 0 Å². The number of aromatic nitrogens is 1. The normalized spacial score (nSPS) is 10.4. The zero-order valence-electron chi connectivity index (χ0n) is 15.6. The molecule has 0 spiro atoms. The summed E-state index contributed by atoms with van der Waals surface area (Å²) < 4.78 is 16.9. The number of hydrogen-bond acceptors (Lipinski definition) is 6. The van der Waals surface area contributed by atoms with Crippen LogP contribution in [-0.4, -0.2) is 31.7 Å². The average molecular weight is 463 g/mol. The van der Waals surface area contributed by atoms with E-state index in [2.05, 4.69) is 26.2 Å². The van der Waals surface area contributed by atoms with E-state index in [-0.39, 0.29) is 12.5 Å². The summed E-state index contributed by atoms with van der Waals surface area (Å²) in [5.41, 5.74) is 2.71. The molecule has 0 aliphatic rings. The van der Waals surface area contributed by atoms with E-state index in [1.54, 1.807) is 14.2 Å². The van der Waals surface area contributed by atoms with Crippen LogP contribution in [-0.2, 0) is 4.79 Å². The molecule has 0 bridgehead atoms. The number of aryl methyl sites for hydroxylation is 1. The van der Waals surface area contributed by atoms with Gasteiger partial charge in [0.1, 0.15) is 5.75 Å². The molecule has 0 saturated heterocycles. The molecular weight excluding hydrogens is 444 g/mol. The van der Waals surface area contributed by atoms with E-state index in [9.17, 15) is 4.79 Å². The maximum absolute atomic E-state index is 12.2. The highest BCUT2D eigenvalue weighted by atomic mass is 79.9. The average Bonchev–Trinajstić information content (AvgIpc) is 3.15. The van der Waals surface area contributed by atoms with Crippen LogP contribution in [0.4, 0.5) is 5.13 Å². The zero-order valence-corrected chi connectivity index (χ0v) is 18.0. The number of thiazole rings is 1. The molecule has 8 heteroatoms. The van der Waals surface area contributed by atoms with Crippen molar-refractivity contribution < 1.29 is 19.0 Å². The molecule has 0 unspecified atom stereocenters. The number of nitrogens with one attached hydrogen (secondary N) is 1. The minimum absolute atomic E-state index is 0.104. The molecule has 2 aromatic carbocycles. The van der Waals surface area contributed by atoms with Crippen molar-refractivity contribution in [2.45, 2.75) is 6.92 Å². The fourth-order valence-corrected chi connectivity index (χ4v) is 3.82. The van der Waals surface area contributed by atoms with Crippen molar-refractivity contribution >= 4 is 38.3 Å². The van der Waals surface area contributed by atoms with E-state index >= 15 is 0 Å². The van der Waals surface area contributed by atoms with Crippen molar-refractivity contribution in [2.24, 2.45) is 0 Å². The molecule has 1 N–H and O–H groups in total. The predicted molar refractivity (Wildman–Crippen MR) is 114 cm³/mol. The number of carbonyl (C=O) groups excluding carboxylic acids is 1. The highest BCUT2D eigenvalue weighted by Crippen LogP contribution is 2.33. The number of amides is 1. The van der Waals surface area contributed by atoms with Gasteiger partial charge in [-0.1, -0.05) is 6.07 Å². The molecule has 0 saturated carbocycles. The van der Waals surface area contributed by atoms with Gasteiger partial charge in [0.25, 0.3) is 5.91 Å². The van der Waals surface area contributed by atoms with Gasteiger partial charge in [0.2, 0.25) is 0 Å². The highest BCUT2D eigenvalue weighted by Gasteiger charge is 2.12. The predicted octanol–water partition coefficient (Wildman–Crippen LogP) is 4.92. The van der Waals surface area contributed by atoms with Gasteiger partial charge in [-0.25, -0.2) is 4.98 Å². The summed E-state index contributed by atoms with van der Waals surface area (Å²) in [4.78, 5) is 16.6. The van der Waals surface area contributed by atoms with Gasteiger partial charge < -0.3 is 14.2 Å². The smallest absolute Gasteiger partial charge is 0.264 e. The lowest BCUT2D eigenvalue weighted by atomic mass is 10.1. The Labute approximate surface area is 175 Å². The lowest BCUT2D eigenvalue weighted by Crippen LogP contribution is -2.20. The van der Waals surface area contributed by atoms with Gasteiger partial charge in [-0.05, 0) is 58.7 Å². The van der Waals surface area contributed by atoms with E-state index < -0.39 is 0 Å². The van der Waals surface area contributed by atoms with Crippen LogP contribution in [0.5, 0.6) is 17.2 Å². The molecule has 0 radical (unpaired) electrons. The molecule has 1 aromatic heterocycles. The molecule has 146 valence electrons. The van der Waals surface area contributed by atoms with Crippen LogP contribution in [0.15, 0.2) is 46.3 Å². The Bertz CT molecular complexity index is 990. The van der Waals surface area contributed by atoms with E-state index in [0.29, 0.717) is 22.4 Å². The number of ether oxygens (including phenoxy) is 3. The summed E-state index contributed by atoms with van der Waals surface area (Å²) in [6, 6.07) is 11.2. The lowest BCUT2D eigenvalue weighted by molar-refractivity contribution is -0.118. The summed E-state index contributed by atoms with van der Waals surface area (Å²) in [6.45, 7) is 1.88. The molecular formula is C20H19BrN2O4S. The minimum atomic E-state index is -0.277. The van der Waals surface area contributed by atoms with Crippen molar-refractivity contribution in [2.75, 3.05) is 26.1 Å². The number of benzene rings is 2. The maximum atomic E-state index is 12.2. The van der Waals surface area contributed by atoms with Crippen molar-refractivity contribution in [3.05, 3.63) is 51.8 Å². The van der Waals surface area contributed by atoms with Crippen molar-refractivity contribution in [1.29, 1.82) is 0 Å². The molecule has 0 aliphatic carbocycles. The second-order valence-corrected chi connectivity index (χ2v) is 7.59. The van der Waals surface area contributed by atoms with Crippen molar-refractivity contribution in [3.63, 3.8) is 0 Å². The summed E-state index contributed by atoms with van der Waals surface area (Å²) >= 11 is 4.77. The second kappa shape index (κ2) is 9.07. The molecule has 1 heterocycles. The third-order valence-electron chi connectivity index (χ3n) is 3.88. The topological polar surface area (TPSA) is 69.7 Å². The van der Waals surface area contributed by atoms with Gasteiger partial charge in [-0.3, -0.25) is 10.1 Å². The quantitative estimate of drug-likeness (QED) is 0.539. The first kappa shape index (κ1) is 20.2. The number of hydrogen-bond donors (Lipinski definition) is 1. The number of anilines is 1. The number of nitrogens with zero attached hydrogens (tertiary/aromatic N) is 1. The first-order chi connectivity index (χ1) is 13.5. The molecule has 0 aliphatic heterocycles. The summed E-state index contributed by atoms with van der Waals surface area (Å²) in [5, 5.41) is 5.13. The second-order valence-electron chi connectivity index (χ2n) is 5.88. The van der Waals surface area contributed by atoms with E-state index in [1.807, 2.05) is 48.7 Å². The fourth-order valence-electron chi connectivity index (χ4n) is 2.48. The van der Waals surface area contributed by atoms with E-state index in [4.69, 9.17) is 14.2 Å². The van der Waals surface area contributed by atoms with Gasteiger partial charge in [0.15, 0.2) is 23.2 Å². The largest absolute Gasteiger partial charge is 0.493 e. The highest BCUT2D eigenvalue weighted by molar-refractivity contribution is 9.10. The summed E-state index contributed by atoms with van der Waals surface area (Å²) in [7, 11) is 3.17. The number of halogens is 1. The van der Waals surface area contributed by atoms with E-state index in [1.165, 1.54) is 11.3 Å². The van der Waals surface area contributed by atoms with Crippen LogP contribution in [0.2, 0.25) is 0 Å². The molecule has 3 rings (SSSR count). The Morgan fingerprint density at radius 1 is 1.11 bits per heavy atom. The lowest BCUT2D eigenvalue weighted by Gasteiger charge is -2.08. The zero-order chi connectivity index (χ0) is 20.1. The van der Waals surface area contributed by atoms with Crippen LogP contribution in [0.3, 0.4) is 0 Å². The third kappa shape index (κ3) is 4.82. The Hall–Kier alpha value is -2.58. The number of methoxy groups -OCH3 is 2. The van der Waals surface area contributed by atoms with Crippen LogP contribution < -0.4 is 19.5 Å². The van der Waals surface area contributed by atoms with Crippen LogP contribution in [0, 0.1) is 6.92 Å². The molecule has 3 aromatic rings. The first-order valence-electron chi connectivity index (χ1n) is 8.37. The number of rotatable bonds is 7. The van der Waals surface area contributed by atoms with Crippen LogP contribution in [0.1, 0.15) is 5.56 Å². The molecule has 28 heavy (non-hydrogen) atoms. The van der Waals surface area contributed by atoms with Crippen LogP contribution >= 0.6 is 27.3 Å². The summed E-state index contributed by atoms with van der Waals surface area (Å²) in [5.74, 6) is 1.61. The molecule has 1 amide bonds. The number of carbonyl (C=O) groups is 1. The fraction of sp³-hybridized carbons (Fsp3) is 0.200. The Morgan fingerprint density at radius 2 is 1.86 bits per heavy atom. The third-order valence-corrected chi connectivity index (χ3v) is 5.25. The van der Waals surface area contributed by atoms with Gasteiger partial charge in [-0.2, -0.15) is 0 Å². The standard InChI is InChI=1S/C20H19BrN2O4S/c1-12-4-6-16(14(21)8-12)27-10-19(24)23-20-22-15(11-28-20)13-5-7-17(25-2)18(9-13)26-3/h4-9,11H,10H2,1-3H3,(H,22,23,24). The Balaban J connectivity index is 1.63. The van der Waals surface area contributed by atoms with Crippen LogP contribution in [0.25, 0.3) is 11.3 Å². The Morgan fingerprint density at radius 3 is 2.57 bits per heavy atom. The minimum Gasteiger partial charge on any atom is -0.493 e. The van der Waals surface area contributed by atoms with Gasteiger partial charge in [-0.15, -0.1) is 11.3 Å². The summed E-state index contributed by atoms with van der Waals surface area (Å²) in [6.07, 6.45) is 0. The van der Waals surface area contributed by atoms with E-state index in [0.717, 1.165) is 21.3 Å². The molecule has 0 atom stereocenters. The van der Waals surface area contributed by atoms with Crippen molar-refractivity contribution in [3.8, 4) is 28.5 Å².